The Hall–Kier alpha value is -2.94. The minimum Gasteiger partial charge on any atom is -0.481 e. The van der Waals surface area contributed by atoms with E-state index < -0.39 is 48.3 Å². The lowest BCUT2D eigenvalue weighted by atomic mass is 10.0. The van der Waals surface area contributed by atoms with Crippen LogP contribution in [0.1, 0.15) is 32.3 Å². The van der Waals surface area contributed by atoms with Gasteiger partial charge in [0.05, 0.1) is 12.5 Å². The number of carbonyl (C=O) groups excluding carboxylic acids is 2. The molecule has 0 radical (unpaired) electrons. The lowest BCUT2D eigenvalue weighted by Crippen LogP contribution is -2.55. The monoisotopic (exact) mass is 393 g/mol. The van der Waals surface area contributed by atoms with Crippen LogP contribution in [-0.2, 0) is 25.6 Å². The second-order valence-electron chi connectivity index (χ2n) is 6.98. The van der Waals surface area contributed by atoms with Crippen molar-refractivity contribution in [3.05, 3.63) is 35.9 Å². The number of aliphatic carboxylic acids is 2. The Labute approximate surface area is 163 Å². The molecule has 1 aromatic rings. The van der Waals surface area contributed by atoms with Gasteiger partial charge in [0.1, 0.15) is 12.1 Å². The molecule has 0 aromatic heterocycles. The molecule has 2 amide bonds. The van der Waals surface area contributed by atoms with Gasteiger partial charge in [-0.15, -0.1) is 0 Å². The fraction of sp³-hybridized carbons (Fsp3) is 0.474. The minimum atomic E-state index is -1.59. The first kappa shape index (κ1) is 23.1. The molecule has 28 heavy (non-hydrogen) atoms. The molecule has 3 atom stereocenters. The van der Waals surface area contributed by atoms with Crippen molar-refractivity contribution in [1.82, 2.24) is 10.6 Å². The average Bonchev–Trinajstić information content (AvgIpc) is 2.60. The zero-order valence-corrected chi connectivity index (χ0v) is 15.9. The standard InChI is InChI=1S/C19H27N3O6/c1-11(2)8-14(18(26)22-15(19(27)28)10-16(23)24)21-17(25)13(20)9-12-6-4-3-5-7-12/h3-7,11,13-15H,8-10,20H2,1-2H3,(H,21,25)(H,22,26)(H,23,24)(H,27,28). The number of benzene rings is 1. The largest absolute Gasteiger partial charge is 0.481 e. The molecule has 0 fully saturated rings. The second kappa shape index (κ2) is 11.0. The highest BCUT2D eigenvalue weighted by molar-refractivity contribution is 5.92. The van der Waals surface area contributed by atoms with Crippen LogP contribution in [0.25, 0.3) is 0 Å². The van der Waals surface area contributed by atoms with Gasteiger partial charge in [-0.3, -0.25) is 14.4 Å². The Bertz CT molecular complexity index is 692. The number of hydrogen-bond acceptors (Lipinski definition) is 5. The normalized spacial score (nSPS) is 14.0. The Morgan fingerprint density at radius 2 is 1.54 bits per heavy atom. The first-order valence-electron chi connectivity index (χ1n) is 8.95. The molecule has 9 nitrogen and oxygen atoms in total. The van der Waals surface area contributed by atoms with Crippen LogP contribution < -0.4 is 16.4 Å². The van der Waals surface area contributed by atoms with E-state index in [9.17, 15) is 19.2 Å². The van der Waals surface area contributed by atoms with Crippen LogP contribution in [0.3, 0.4) is 0 Å². The van der Waals surface area contributed by atoms with Gasteiger partial charge in [-0.2, -0.15) is 0 Å². The van der Waals surface area contributed by atoms with E-state index in [-0.39, 0.29) is 18.8 Å². The molecule has 0 saturated heterocycles. The molecule has 0 aliphatic carbocycles. The molecule has 1 aromatic carbocycles. The van der Waals surface area contributed by atoms with Gasteiger partial charge in [-0.1, -0.05) is 44.2 Å². The van der Waals surface area contributed by atoms with Crippen molar-refractivity contribution < 1.29 is 29.4 Å². The molecular weight excluding hydrogens is 366 g/mol. The van der Waals surface area contributed by atoms with Crippen LogP contribution in [-0.4, -0.2) is 52.1 Å². The van der Waals surface area contributed by atoms with Gasteiger partial charge in [-0.05, 0) is 24.3 Å². The average molecular weight is 393 g/mol. The molecule has 154 valence electrons. The van der Waals surface area contributed by atoms with Crippen molar-refractivity contribution in [1.29, 1.82) is 0 Å². The molecular formula is C19H27N3O6. The second-order valence-corrected chi connectivity index (χ2v) is 6.98. The van der Waals surface area contributed by atoms with Crippen LogP contribution in [0.15, 0.2) is 30.3 Å². The van der Waals surface area contributed by atoms with Crippen molar-refractivity contribution >= 4 is 23.8 Å². The summed E-state index contributed by atoms with van der Waals surface area (Å²) >= 11 is 0. The van der Waals surface area contributed by atoms with Gasteiger partial charge in [0.25, 0.3) is 0 Å². The maximum Gasteiger partial charge on any atom is 0.326 e. The highest BCUT2D eigenvalue weighted by atomic mass is 16.4. The quantitative estimate of drug-likeness (QED) is 0.357. The van der Waals surface area contributed by atoms with Crippen LogP contribution in [0.4, 0.5) is 0 Å². The topological polar surface area (TPSA) is 159 Å². The number of hydrogen-bond donors (Lipinski definition) is 5. The first-order valence-corrected chi connectivity index (χ1v) is 8.95. The molecule has 0 saturated carbocycles. The van der Waals surface area contributed by atoms with Crippen molar-refractivity contribution in [3.63, 3.8) is 0 Å². The molecule has 0 heterocycles. The van der Waals surface area contributed by atoms with Gasteiger partial charge in [0.2, 0.25) is 11.8 Å². The summed E-state index contributed by atoms with van der Waals surface area (Å²) in [4.78, 5) is 46.8. The Balaban J connectivity index is 2.79. The molecule has 1 rings (SSSR count). The van der Waals surface area contributed by atoms with E-state index in [1.54, 1.807) is 0 Å². The van der Waals surface area contributed by atoms with E-state index in [2.05, 4.69) is 10.6 Å². The van der Waals surface area contributed by atoms with Gasteiger partial charge in [0, 0.05) is 0 Å². The predicted octanol–water partition coefficient (Wildman–Crippen LogP) is 0.131. The van der Waals surface area contributed by atoms with E-state index in [4.69, 9.17) is 15.9 Å². The number of nitrogens with two attached hydrogens (primary N) is 1. The minimum absolute atomic E-state index is 0.0177. The Morgan fingerprint density at radius 3 is 2.04 bits per heavy atom. The predicted molar refractivity (Wildman–Crippen MR) is 101 cm³/mol. The highest BCUT2D eigenvalue weighted by Crippen LogP contribution is 2.08. The van der Waals surface area contributed by atoms with Gasteiger partial charge in [0.15, 0.2) is 0 Å². The van der Waals surface area contributed by atoms with Crippen molar-refractivity contribution in [2.75, 3.05) is 0 Å². The van der Waals surface area contributed by atoms with Gasteiger partial charge < -0.3 is 26.6 Å². The lowest BCUT2D eigenvalue weighted by Gasteiger charge is -2.23. The number of nitrogens with one attached hydrogen (secondary N) is 2. The molecule has 9 heteroatoms. The van der Waals surface area contributed by atoms with Crippen molar-refractivity contribution in [2.45, 2.75) is 51.2 Å². The smallest absolute Gasteiger partial charge is 0.326 e. The Kier molecular flexibility index (Phi) is 9.10. The maximum absolute atomic E-state index is 12.5. The summed E-state index contributed by atoms with van der Waals surface area (Å²) < 4.78 is 0. The summed E-state index contributed by atoms with van der Waals surface area (Å²) in [5.41, 5.74) is 6.79. The maximum atomic E-state index is 12.5. The molecule has 0 spiro atoms. The van der Waals surface area contributed by atoms with Crippen LogP contribution in [0, 0.1) is 5.92 Å². The SMILES string of the molecule is CC(C)CC(NC(=O)C(N)Cc1ccccc1)C(=O)NC(CC(=O)O)C(=O)O. The van der Waals surface area contributed by atoms with Crippen molar-refractivity contribution in [3.8, 4) is 0 Å². The van der Waals surface area contributed by atoms with Crippen molar-refractivity contribution in [2.24, 2.45) is 11.7 Å². The van der Waals surface area contributed by atoms with E-state index in [1.165, 1.54) is 0 Å². The van der Waals surface area contributed by atoms with Gasteiger partial charge in [-0.25, -0.2) is 4.79 Å². The Morgan fingerprint density at radius 1 is 0.964 bits per heavy atom. The number of amides is 2. The third-order valence-corrected chi connectivity index (χ3v) is 3.97. The fourth-order valence-corrected chi connectivity index (χ4v) is 2.59. The number of carboxylic acid groups (broad SMARTS) is 2. The van der Waals surface area contributed by atoms with E-state index in [0.29, 0.717) is 0 Å². The summed E-state index contributed by atoms with van der Waals surface area (Å²) in [6.45, 7) is 3.67. The summed E-state index contributed by atoms with van der Waals surface area (Å²) in [5, 5.41) is 22.6. The number of carbonyl (C=O) groups is 4. The molecule has 0 bridgehead atoms. The molecule has 3 unspecified atom stereocenters. The molecule has 0 aliphatic heterocycles. The van der Waals surface area contributed by atoms with E-state index in [1.807, 2.05) is 44.2 Å². The van der Waals surface area contributed by atoms with E-state index in [0.717, 1.165) is 5.56 Å². The summed E-state index contributed by atoms with van der Waals surface area (Å²) in [6.07, 6.45) is -0.245. The molecule has 6 N–H and O–H groups in total. The summed E-state index contributed by atoms with van der Waals surface area (Å²) in [7, 11) is 0. The van der Waals surface area contributed by atoms with Crippen LogP contribution in [0.5, 0.6) is 0 Å². The van der Waals surface area contributed by atoms with Crippen LogP contribution >= 0.6 is 0 Å². The number of rotatable bonds is 11. The third kappa shape index (κ3) is 8.17. The molecule has 0 aliphatic rings. The van der Waals surface area contributed by atoms with Gasteiger partial charge >= 0.3 is 11.9 Å². The first-order chi connectivity index (χ1) is 13.1. The van der Waals surface area contributed by atoms with E-state index >= 15 is 0 Å². The lowest BCUT2D eigenvalue weighted by molar-refractivity contribution is -0.147. The third-order valence-electron chi connectivity index (χ3n) is 3.97. The number of carboxylic acids is 2. The zero-order valence-electron chi connectivity index (χ0n) is 15.9. The highest BCUT2D eigenvalue weighted by Gasteiger charge is 2.29. The zero-order chi connectivity index (χ0) is 21.3. The van der Waals surface area contributed by atoms with Crippen LogP contribution in [0.2, 0.25) is 0 Å². The fourth-order valence-electron chi connectivity index (χ4n) is 2.59. The summed E-state index contributed by atoms with van der Waals surface area (Å²) in [6, 6.07) is 5.64. The summed E-state index contributed by atoms with van der Waals surface area (Å²) in [5.74, 6) is -4.12.